The monoisotopic (exact) mass is 197 g/mol. The molecule has 0 unspecified atom stereocenters. The van der Waals surface area contributed by atoms with Crippen LogP contribution in [0.5, 0.6) is 0 Å². The molecule has 1 rings (SSSR count). The molecule has 1 N–H and O–H groups in total. The van der Waals surface area contributed by atoms with Crippen molar-refractivity contribution < 1.29 is 0 Å². The van der Waals surface area contributed by atoms with Gasteiger partial charge in [0.15, 0.2) is 0 Å². The summed E-state index contributed by atoms with van der Waals surface area (Å²) in [7, 11) is 0. The van der Waals surface area contributed by atoms with Crippen LogP contribution in [0.2, 0.25) is 0 Å². The molecule has 0 saturated heterocycles. The minimum atomic E-state index is 0.0814. The van der Waals surface area contributed by atoms with Crippen LogP contribution >= 0.6 is 0 Å². The zero-order valence-electron chi connectivity index (χ0n) is 9.16. The second-order valence-electron chi connectivity index (χ2n) is 3.63. The highest BCUT2D eigenvalue weighted by atomic mass is 16.1. The summed E-state index contributed by atoms with van der Waals surface area (Å²) in [6.07, 6.45) is 3.69. The fourth-order valence-corrected chi connectivity index (χ4v) is 1.37. The van der Waals surface area contributed by atoms with Gasteiger partial charge in [-0.05, 0) is 20.4 Å². The number of nitrogens with one attached hydrogen (secondary N) is 1. The molecule has 0 radical (unpaired) electrons. The Morgan fingerprint density at radius 3 is 2.64 bits per heavy atom. The summed E-state index contributed by atoms with van der Waals surface area (Å²) in [5, 5.41) is 3.19. The van der Waals surface area contributed by atoms with Crippen LogP contribution in [0.3, 0.4) is 0 Å². The molecule has 1 aromatic heterocycles. The topological polar surface area (TPSA) is 39.0 Å². The average molecular weight is 197 g/mol. The van der Waals surface area contributed by atoms with Gasteiger partial charge in [0.05, 0.1) is 0 Å². The van der Waals surface area contributed by atoms with Crippen LogP contribution in [0.4, 0.5) is 0 Å². The number of imidazole rings is 1. The van der Waals surface area contributed by atoms with Crippen molar-refractivity contribution in [2.45, 2.75) is 33.4 Å². The Morgan fingerprint density at radius 2 is 2.14 bits per heavy atom. The summed E-state index contributed by atoms with van der Waals surface area (Å²) in [6.45, 7) is 8.61. The molecule has 0 aliphatic heterocycles. The van der Waals surface area contributed by atoms with Gasteiger partial charge in [-0.15, -0.1) is 0 Å². The molecule has 0 saturated carbocycles. The van der Waals surface area contributed by atoms with Crippen molar-refractivity contribution in [1.29, 1.82) is 0 Å². The molecule has 14 heavy (non-hydrogen) atoms. The molecule has 1 heterocycles. The smallest absolute Gasteiger partial charge is 0.315 e. The number of aromatic nitrogens is 2. The molecule has 1 aromatic rings. The van der Waals surface area contributed by atoms with Gasteiger partial charge in [0, 0.05) is 31.5 Å². The highest BCUT2D eigenvalue weighted by molar-refractivity contribution is 4.83. The van der Waals surface area contributed by atoms with E-state index in [1.165, 1.54) is 0 Å². The lowest BCUT2D eigenvalue weighted by atomic mass is 10.4. The van der Waals surface area contributed by atoms with Gasteiger partial charge in [-0.25, -0.2) is 4.79 Å². The molecule has 0 bridgehead atoms. The summed E-state index contributed by atoms with van der Waals surface area (Å²) in [4.78, 5) is 11.7. The highest BCUT2D eigenvalue weighted by Crippen LogP contribution is 1.98. The maximum absolute atomic E-state index is 11.7. The van der Waals surface area contributed by atoms with Crippen LogP contribution < -0.4 is 11.0 Å². The first-order valence-corrected chi connectivity index (χ1v) is 5.14. The Bertz CT molecular complexity index is 324. The van der Waals surface area contributed by atoms with Gasteiger partial charge in [-0.1, -0.05) is 6.92 Å². The summed E-state index contributed by atoms with van der Waals surface area (Å²) < 4.78 is 3.48. The molecule has 0 aromatic carbocycles. The van der Waals surface area contributed by atoms with Gasteiger partial charge < -0.3 is 5.32 Å². The van der Waals surface area contributed by atoms with E-state index in [2.05, 4.69) is 12.2 Å². The van der Waals surface area contributed by atoms with Gasteiger partial charge in [-0.2, -0.15) is 0 Å². The molecule has 0 aliphatic carbocycles. The van der Waals surface area contributed by atoms with Crippen LogP contribution in [0.25, 0.3) is 0 Å². The van der Waals surface area contributed by atoms with Crippen LogP contribution in [0.15, 0.2) is 17.2 Å². The van der Waals surface area contributed by atoms with Crippen molar-refractivity contribution in [1.82, 2.24) is 14.5 Å². The first-order valence-electron chi connectivity index (χ1n) is 5.14. The predicted molar refractivity (Wildman–Crippen MR) is 57.6 cm³/mol. The Kier molecular flexibility index (Phi) is 3.95. The lowest BCUT2D eigenvalue weighted by molar-refractivity contribution is 0.539. The van der Waals surface area contributed by atoms with E-state index in [-0.39, 0.29) is 11.7 Å². The zero-order chi connectivity index (χ0) is 10.6. The highest BCUT2D eigenvalue weighted by Gasteiger charge is 2.04. The lowest BCUT2D eigenvalue weighted by Gasteiger charge is -2.05. The zero-order valence-corrected chi connectivity index (χ0v) is 9.16. The molecule has 0 atom stereocenters. The molecule has 4 heteroatoms. The van der Waals surface area contributed by atoms with Crippen molar-refractivity contribution in [2.24, 2.45) is 0 Å². The molecule has 4 nitrogen and oxygen atoms in total. The minimum absolute atomic E-state index is 0.0814. The largest absolute Gasteiger partial charge is 0.328 e. The number of hydrogen-bond donors (Lipinski definition) is 1. The average Bonchev–Trinajstić information content (AvgIpc) is 2.48. The number of hydrogen-bond acceptors (Lipinski definition) is 2. The van der Waals surface area contributed by atoms with E-state index in [9.17, 15) is 4.79 Å². The standard InChI is InChI=1S/C10H19N3O/c1-4-11-5-6-12-7-8-13(9(2)3)10(12)14/h7-9,11H,4-6H2,1-3H3. The maximum atomic E-state index is 11.7. The van der Waals surface area contributed by atoms with Crippen molar-refractivity contribution in [3.8, 4) is 0 Å². The molecule has 0 fully saturated rings. The van der Waals surface area contributed by atoms with Gasteiger partial charge in [0.25, 0.3) is 0 Å². The molecular weight excluding hydrogens is 178 g/mol. The Morgan fingerprint density at radius 1 is 1.43 bits per heavy atom. The van der Waals surface area contributed by atoms with E-state index in [1.54, 1.807) is 9.13 Å². The van der Waals surface area contributed by atoms with E-state index >= 15 is 0 Å². The molecule has 80 valence electrons. The second-order valence-corrected chi connectivity index (χ2v) is 3.63. The van der Waals surface area contributed by atoms with E-state index in [4.69, 9.17) is 0 Å². The van der Waals surface area contributed by atoms with Gasteiger partial charge in [-0.3, -0.25) is 9.13 Å². The molecular formula is C10H19N3O. The van der Waals surface area contributed by atoms with Crippen LogP contribution in [0, 0.1) is 0 Å². The van der Waals surface area contributed by atoms with E-state index in [1.807, 2.05) is 26.2 Å². The van der Waals surface area contributed by atoms with E-state index in [0.29, 0.717) is 0 Å². The maximum Gasteiger partial charge on any atom is 0.328 e. The van der Waals surface area contributed by atoms with Crippen molar-refractivity contribution in [3.63, 3.8) is 0 Å². The Labute approximate surface area is 84.5 Å². The first kappa shape index (κ1) is 11.0. The van der Waals surface area contributed by atoms with Crippen LogP contribution in [0.1, 0.15) is 26.8 Å². The first-order chi connectivity index (χ1) is 6.66. The minimum Gasteiger partial charge on any atom is -0.315 e. The second kappa shape index (κ2) is 5.00. The number of nitrogens with zero attached hydrogens (tertiary/aromatic N) is 2. The van der Waals surface area contributed by atoms with Gasteiger partial charge in [0.1, 0.15) is 0 Å². The van der Waals surface area contributed by atoms with Crippen molar-refractivity contribution in [3.05, 3.63) is 22.9 Å². The van der Waals surface area contributed by atoms with Gasteiger partial charge in [0.2, 0.25) is 0 Å². The predicted octanol–water partition coefficient (Wildman–Crippen LogP) is 0.840. The third-order valence-electron chi connectivity index (χ3n) is 2.21. The van der Waals surface area contributed by atoms with E-state index < -0.39 is 0 Å². The fraction of sp³-hybridized carbons (Fsp3) is 0.700. The SMILES string of the molecule is CCNCCn1ccn(C(C)C)c1=O. The molecule has 0 aliphatic rings. The quantitative estimate of drug-likeness (QED) is 0.710. The van der Waals surface area contributed by atoms with Gasteiger partial charge >= 0.3 is 5.69 Å². The van der Waals surface area contributed by atoms with E-state index in [0.717, 1.165) is 19.6 Å². The summed E-state index contributed by atoms with van der Waals surface area (Å²) in [5.74, 6) is 0. The third kappa shape index (κ3) is 2.48. The number of likely N-dealkylation sites (N-methyl/N-ethyl adjacent to an activating group) is 1. The third-order valence-corrected chi connectivity index (χ3v) is 2.21. The lowest BCUT2D eigenvalue weighted by Crippen LogP contribution is -2.29. The number of rotatable bonds is 5. The normalized spacial score (nSPS) is 11.1. The summed E-state index contributed by atoms with van der Waals surface area (Å²) >= 11 is 0. The van der Waals surface area contributed by atoms with Crippen LogP contribution in [-0.2, 0) is 6.54 Å². The van der Waals surface area contributed by atoms with Crippen molar-refractivity contribution >= 4 is 0 Å². The molecule has 0 amide bonds. The Hall–Kier alpha value is -1.03. The van der Waals surface area contributed by atoms with Crippen LogP contribution in [-0.4, -0.2) is 22.2 Å². The summed E-state index contributed by atoms with van der Waals surface area (Å²) in [6, 6.07) is 0.239. The Balaban J connectivity index is 2.65. The molecule has 0 spiro atoms. The fourth-order valence-electron chi connectivity index (χ4n) is 1.37. The van der Waals surface area contributed by atoms with Crippen molar-refractivity contribution in [2.75, 3.05) is 13.1 Å². The summed E-state index contributed by atoms with van der Waals surface area (Å²) in [5.41, 5.74) is 0.0814.